The third kappa shape index (κ3) is 4.95. The van der Waals surface area contributed by atoms with Crippen LogP contribution in [0.2, 0.25) is 0 Å². The third-order valence-corrected chi connectivity index (χ3v) is 2.49. The zero-order chi connectivity index (χ0) is 11.1. The molecule has 0 aliphatic heterocycles. The minimum absolute atomic E-state index is 0.426. The van der Waals surface area contributed by atoms with Crippen molar-refractivity contribution in [3.8, 4) is 5.75 Å². The molecule has 0 bridgehead atoms. The molecule has 0 saturated heterocycles. The van der Waals surface area contributed by atoms with Crippen molar-refractivity contribution in [2.24, 2.45) is 0 Å². The highest BCUT2D eigenvalue weighted by Crippen LogP contribution is 2.14. The smallest absolute Gasteiger partial charge is 0.357 e. The van der Waals surface area contributed by atoms with Gasteiger partial charge in [0.1, 0.15) is 5.75 Å². The fraction of sp³-hybridized carbons (Fsp3) is 0.455. The summed E-state index contributed by atoms with van der Waals surface area (Å²) in [7, 11) is 0. The molecule has 4 heteroatoms. The summed E-state index contributed by atoms with van der Waals surface area (Å²) in [5.74, 6) is 0.426. The molecule has 3 nitrogen and oxygen atoms in total. The molecule has 0 aliphatic carbocycles. The van der Waals surface area contributed by atoms with Crippen molar-refractivity contribution < 1.29 is 12.9 Å². The van der Waals surface area contributed by atoms with Gasteiger partial charge in [-0.2, -0.15) is 4.21 Å². The van der Waals surface area contributed by atoms with Gasteiger partial charge in [-0.1, -0.05) is 31.9 Å². The monoisotopic (exact) mass is 228 g/mol. The van der Waals surface area contributed by atoms with Gasteiger partial charge in [0.15, 0.2) is 0 Å². The minimum atomic E-state index is -2.23. The summed E-state index contributed by atoms with van der Waals surface area (Å²) in [6.45, 7) is 2.17. The Kier molecular flexibility index (Phi) is 5.36. The van der Waals surface area contributed by atoms with Crippen molar-refractivity contribution >= 4 is 11.4 Å². The molecule has 1 unspecified atom stereocenters. The molecular weight excluding hydrogens is 212 g/mol. The summed E-state index contributed by atoms with van der Waals surface area (Å²) < 4.78 is 23.5. The summed E-state index contributed by atoms with van der Waals surface area (Å²) in [5, 5.41) is 0. The zero-order valence-corrected chi connectivity index (χ0v) is 9.63. The molecular formula is C11H16O3S. The molecule has 1 rings (SSSR count). The predicted molar refractivity (Wildman–Crippen MR) is 61.1 cm³/mol. The molecule has 0 saturated carbocycles. The molecule has 0 spiro atoms. The molecule has 0 radical (unpaired) electrons. The van der Waals surface area contributed by atoms with Gasteiger partial charge in [-0.25, -0.2) is 0 Å². The number of hydrogen-bond donors (Lipinski definition) is 1. The molecule has 0 aromatic heterocycles. The topological polar surface area (TPSA) is 46.5 Å². The van der Waals surface area contributed by atoms with E-state index in [9.17, 15) is 4.21 Å². The van der Waals surface area contributed by atoms with Crippen molar-refractivity contribution in [3.63, 3.8) is 0 Å². The Morgan fingerprint density at radius 2 is 1.93 bits per heavy atom. The highest BCUT2D eigenvalue weighted by atomic mass is 32.2. The Morgan fingerprint density at radius 3 is 2.47 bits per heavy atom. The fourth-order valence-corrected chi connectivity index (χ4v) is 1.65. The lowest BCUT2D eigenvalue weighted by Crippen LogP contribution is -1.97. The quantitative estimate of drug-likeness (QED) is 0.601. The second-order valence-corrected chi connectivity index (χ2v) is 4.00. The van der Waals surface area contributed by atoms with E-state index in [1.807, 2.05) is 12.1 Å². The van der Waals surface area contributed by atoms with Gasteiger partial charge in [0, 0.05) is 0 Å². The number of rotatable bonds is 6. The first kappa shape index (κ1) is 12.2. The van der Waals surface area contributed by atoms with E-state index in [0.717, 1.165) is 6.42 Å². The van der Waals surface area contributed by atoms with Gasteiger partial charge < -0.3 is 4.18 Å². The first-order chi connectivity index (χ1) is 7.22. The Labute approximate surface area is 93.0 Å². The molecule has 0 heterocycles. The number of hydrogen-bond acceptors (Lipinski definition) is 2. The maximum atomic E-state index is 10.4. The standard InChI is InChI=1S/C11H16O3S/c1-2-3-4-5-10-6-8-11(9-7-10)14-15(12)13/h6-9H,2-5H2,1H3,(H,12,13). The number of unbranched alkanes of at least 4 members (excludes halogenated alkanes) is 2. The van der Waals surface area contributed by atoms with Crippen LogP contribution in [0.25, 0.3) is 0 Å². The van der Waals surface area contributed by atoms with Gasteiger partial charge in [-0.15, -0.1) is 0 Å². The van der Waals surface area contributed by atoms with Crippen molar-refractivity contribution in [2.75, 3.05) is 0 Å². The van der Waals surface area contributed by atoms with E-state index in [0.29, 0.717) is 5.75 Å². The first-order valence-corrected chi connectivity index (χ1v) is 6.13. The van der Waals surface area contributed by atoms with E-state index in [-0.39, 0.29) is 0 Å². The van der Waals surface area contributed by atoms with Crippen LogP contribution >= 0.6 is 0 Å². The van der Waals surface area contributed by atoms with E-state index in [1.54, 1.807) is 12.1 Å². The normalized spacial score (nSPS) is 12.4. The number of aryl methyl sites for hydroxylation is 1. The van der Waals surface area contributed by atoms with Crippen molar-refractivity contribution in [2.45, 2.75) is 32.6 Å². The van der Waals surface area contributed by atoms with E-state index in [2.05, 4.69) is 11.1 Å². The second-order valence-electron chi connectivity index (χ2n) is 3.40. The van der Waals surface area contributed by atoms with Crippen LogP contribution in [-0.4, -0.2) is 8.76 Å². The summed E-state index contributed by atoms with van der Waals surface area (Å²) in [6.07, 6.45) is 4.68. The lowest BCUT2D eigenvalue weighted by Gasteiger charge is -2.02. The average molecular weight is 228 g/mol. The van der Waals surface area contributed by atoms with E-state index < -0.39 is 11.4 Å². The van der Waals surface area contributed by atoms with Crippen molar-refractivity contribution in [3.05, 3.63) is 29.8 Å². The predicted octanol–water partition coefficient (Wildman–Crippen LogP) is 2.93. The largest absolute Gasteiger partial charge is 0.380 e. The Hall–Kier alpha value is -0.870. The first-order valence-electron chi connectivity index (χ1n) is 5.10. The molecule has 1 aromatic rings. The van der Waals surface area contributed by atoms with Crippen molar-refractivity contribution in [1.82, 2.24) is 0 Å². The molecule has 84 valence electrons. The Bertz CT molecular complexity index is 308. The zero-order valence-electron chi connectivity index (χ0n) is 8.81. The van der Waals surface area contributed by atoms with E-state index in [4.69, 9.17) is 4.55 Å². The highest BCUT2D eigenvalue weighted by Gasteiger charge is 1.98. The molecule has 1 aromatic carbocycles. The van der Waals surface area contributed by atoms with Gasteiger partial charge in [-0.3, -0.25) is 4.55 Å². The van der Waals surface area contributed by atoms with Gasteiger partial charge >= 0.3 is 11.4 Å². The van der Waals surface area contributed by atoms with E-state index in [1.165, 1.54) is 24.8 Å². The molecule has 1 N–H and O–H groups in total. The lowest BCUT2D eigenvalue weighted by atomic mass is 10.1. The van der Waals surface area contributed by atoms with E-state index >= 15 is 0 Å². The van der Waals surface area contributed by atoms with Crippen LogP contribution in [0.3, 0.4) is 0 Å². The summed E-state index contributed by atoms with van der Waals surface area (Å²) >= 11 is -2.23. The van der Waals surface area contributed by atoms with Crippen LogP contribution in [0, 0.1) is 0 Å². The molecule has 15 heavy (non-hydrogen) atoms. The average Bonchev–Trinajstić information content (AvgIpc) is 2.20. The van der Waals surface area contributed by atoms with Crippen molar-refractivity contribution in [1.29, 1.82) is 0 Å². The summed E-state index contributed by atoms with van der Waals surface area (Å²) in [5.41, 5.74) is 1.24. The van der Waals surface area contributed by atoms with Gasteiger partial charge in [0.2, 0.25) is 0 Å². The van der Waals surface area contributed by atoms with Crippen LogP contribution in [0.5, 0.6) is 5.75 Å². The van der Waals surface area contributed by atoms with Gasteiger partial charge in [0.05, 0.1) is 0 Å². The van der Waals surface area contributed by atoms with Gasteiger partial charge in [-0.05, 0) is 30.5 Å². The maximum Gasteiger partial charge on any atom is 0.357 e. The SMILES string of the molecule is CCCCCc1ccc(OS(=O)O)cc1. The van der Waals surface area contributed by atoms with Crippen LogP contribution in [0.1, 0.15) is 31.7 Å². The molecule has 0 aliphatic rings. The molecule has 1 atom stereocenters. The molecule has 0 fully saturated rings. The third-order valence-electron chi connectivity index (χ3n) is 2.16. The summed E-state index contributed by atoms with van der Waals surface area (Å²) in [6, 6.07) is 7.29. The highest BCUT2D eigenvalue weighted by molar-refractivity contribution is 7.74. The van der Waals surface area contributed by atoms with Crippen LogP contribution in [0.15, 0.2) is 24.3 Å². The Balaban J connectivity index is 2.45. The molecule has 0 amide bonds. The minimum Gasteiger partial charge on any atom is -0.380 e. The second kappa shape index (κ2) is 6.58. The van der Waals surface area contributed by atoms with Crippen LogP contribution < -0.4 is 4.18 Å². The lowest BCUT2D eigenvalue weighted by molar-refractivity contribution is 0.458. The van der Waals surface area contributed by atoms with Crippen LogP contribution in [-0.2, 0) is 17.8 Å². The van der Waals surface area contributed by atoms with Gasteiger partial charge in [0.25, 0.3) is 0 Å². The Morgan fingerprint density at radius 1 is 1.27 bits per heavy atom. The van der Waals surface area contributed by atoms with Crippen LogP contribution in [0.4, 0.5) is 0 Å². The summed E-state index contributed by atoms with van der Waals surface area (Å²) in [4.78, 5) is 0. The number of benzene rings is 1. The maximum absolute atomic E-state index is 10.4. The fourth-order valence-electron chi connectivity index (χ4n) is 1.37.